The smallest absolute Gasteiger partial charge is 0.162 e. The topological polar surface area (TPSA) is 70.4 Å². The maximum atomic E-state index is 10.2. The molecule has 0 spiro atoms. The van der Waals surface area contributed by atoms with Crippen molar-refractivity contribution in [2.45, 2.75) is 0 Å². The molecule has 0 bridgehead atoms. The highest BCUT2D eigenvalue weighted by atomic mass is 79.9. The Morgan fingerprint density at radius 2 is 1.59 bits per heavy atom. The fourth-order valence-electron chi connectivity index (χ4n) is 2.77. The van der Waals surface area contributed by atoms with Crippen LogP contribution in [-0.4, -0.2) is 21.3 Å². The maximum Gasteiger partial charge on any atom is 0.162 e. The van der Waals surface area contributed by atoms with E-state index >= 15 is 0 Å². The molecule has 0 saturated carbocycles. The highest BCUT2D eigenvalue weighted by Gasteiger charge is 2.11. The summed E-state index contributed by atoms with van der Waals surface area (Å²) in [7, 11) is 0. The summed E-state index contributed by atoms with van der Waals surface area (Å²) >= 11 is 3.42. The first-order valence-electron chi connectivity index (χ1n) is 8.96. The number of aromatic hydroxyl groups is 1. The zero-order valence-electron chi connectivity index (χ0n) is 15.3. The zero-order chi connectivity index (χ0) is 20.1. The Hall–Kier alpha value is -3.51. The van der Waals surface area contributed by atoms with Crippen molar-refractivity contribution >= 4 is 28.0 Å². The van der Waals surface area contributed by atoms with E-state index in [0.717, 1.165) is 15.6 Å². The number of anilines is 1. The van der Waals surface area contributed by atoms with Gasteiger partial charge in [0.1, 0.15) is 5.75 Å². The van der Waals surface area contributed by atoms with E-state index in [4.69, 9.17) is 0 Å². The van der Waals surface area contributed by atoms with Gasteiger partial charge in [0.2, 0.25) is 0 Å². The summed E-state index contributed by atoms with van der Waals surface area (Å²) in [4.78, 5) is 9.22. The van der Waals surface area contributed by atoms with Crippen molar-refractivity contribution < 1.29 is 5.11 Å². The summed E-state index contributed by atoms with van der Waals surface area (Å²) in [5.41, 5.74) is 6.05. The van der Waals surface area contributed by atoms with Gasteiger partial charge in [0, 0.05) is 21.7 Å². The molecule has 1 aromatic heterocycles. The monoisotopic (exact) mass is 444 g/mol. The van der Waals surface area contributed by atoms with E-state index in [1.165, 1.54) is 0 Å². The van der Waals surface area contributed by atoms with Gasteiger partial charge in [-0.2, -0.15) is 5.10 Å². The predicted octanol–water partition coefficient (Wildman–Crippen LogP) is 5.72. The van der Waals surface area contributed by atoms with E-state index in [-0.39, 0.29) is 5.75 Å². The number of nitrogens with one attached hydrogen (secondary N) is 1. The lowest BCUT2D eigenvalue weighted by Gasteiger charge is -2.09. The van der Waals surface area contributed by atoms with Gasteiger partial charge in [-0.15, -0.1) is 0 Å². The molecule has 0 fully saturated rings. The molecule has 4 rings (SSSR count). The summed E-state index contributed by atoms with van der Waals surface area (Å²) in [6, 6.07) is 26.4. The lowest BCUT2D eigenvalue weighted by molar-refractivity contribution is 0.477. The number of halogens is 1. The van der Waals surface area contributed by atoms with Crippen molar-refractivity contribution in [3.05, 3.63) is 95.0 Å². The van der Waals surface area contributed by atoms with Crippen molar-refractivity contribution in [3.63, 3.8) is 0 Å². The lowest BCUT2D eigenvalue weighted by atomic mass is 10.1. The van der Waals surface area contributed by atoms with Gasteiger partial charge < -0.3 is 5.11 Å². The summed E-state index contributed by atoms with van der Waals surface area (Å²) in [5.74, 6) is 1.24. The first kappa shape index (κ1) is 18.8. The summed E-state index contributed by atoms with van der Waals surface area (Å²) in [6.45, 7) is 0. The summed E-state index contributed by atoms with van der Waals surface area (Å²) in [5, 5.41) is 14.5. The highest BCUT2D eigenvalue weighted by Crippen LogP contribution is 2.30. The molecule has 6 heteroatoms. The van der Waals surface area contributed by atoms with Crippen LogP contribution in [0, 0.1) is 0 Å². The lowest BCUT2D eigenvalue weighted by Crippen LogP contribution is -1.99. The number of nitrogens with zero attached hydrogens (tertiary/aromatic N) is 3. The fourth-order valence-corrected chi connectivity index (χ4v) is 3.04. The molecular formula is C23H17BrN4O. The van der Waals surface area contributed by atoms with Gasteiger partial charge in [-0.25, -0.2) is 9.97 Å². The number of hydrogen-bond donors (Lipinski definition) is 2. The molecule has 0 unspecified atom stereocenters. The zero-order valence-corrected chi connectivity index (χ0v) is 16.9. The number of phenolic OH excluding ortho intramolecular Hbond substituents is 1. The Morgan fingerprint density at radius 1 is 0.862 bits per heavy atom. The number of hydrogen-bond acceptors (Lipinski definition) is 5. The number of phenols is 1. The van der Waals surface area contributed by atoms with Crippen molar-refractivity contribution in [2.24, 2.45) is 5.10 Å². The van der Waals surface area contributed by atoms with Crippen LogP contribution in [0.5, 0.6) is 5.75 Å². The molecule has 0 aliphatic rings. The molecule has 29 heavy (non-hydrogen) atoms. The SMILES string of the molecule is Oc1ccccc1-c1cc(NN=Cc2ccc(Br)cc2)nc(-c2ccccc2)n1. The quantitative estimate of drug-likeness (QED) is 0.304. The second-order valence-electron chi connectivity index (χ2n) is 6.27. The van der Waals surface area contributed by atoms with Gasteiger partial charge in [0.05, 0.1) is 11.9 Å². The summed E-state index contributed by atoms with van der Waals surface area (Å²) in [6.07, 6.45) is 1.72. The van der Waals surface area contributed by atoms with Crippen molar-refractivity contribution in [3.8, 4) is 28.4 Å². The molecule has 1 heterocycles. The van der Waals surface area contributed by atoms with Gasteiger partial charge in [-0.1, -0.05) is 70.5 Å². The minimum absolute atomic E-state index is 0.162. The van der Waals surface area contributed by atoms with Gasteiger partial charge in [-0.3, -0.25) is 5.43 Å². The Labute approximate surface area is 176 Å². The standard InChI is InChI=1S/C23H17BrN4O/c24-18-12-10-16(11-13-18)15-25-28-22-14-20(19-8-4-5-9-21(19)29)26-23(27-22)17-6-2-1-3-7-17/h1-15,29H,(H,26,27,28). The van der Waals surface area contributed by atoms with E-state index in [1.807, 2.05) is 66.7 Å². The average Bonchev–Trinajstić information content (AvgIpc) is 2.76. The minimum Gasteiger partial charge on any atom is -0.507 e. The van der Waals surface area contributed by atoms with Crippen LogP contribution in [0.2, 0.25) is 0 Å². The number of aromatic nitrogens is 2. The Kier molecular flexibility index (Phi) is 5.63. The second kappa shape index (κ2) is 8.67. The van der Waals surface area contributed by atoms with E-state index in [1.54, 1.807) is 24.4 Å². The molecule has 0 radical (unpaired) electrons. The molecule has 0 aliphatic heterocycles. The molecule has 4 aromatic rings. The van der Waals surface area contributed by atoms with Crippen LogP contribution >= 0.6 is 15.9 Å². The normalized spacial score (nSPS) is 10.9. The van der Waals surface area contributed by atoms with Gasteiger partial charge in [0.25, 0.3) is 0 Å². The highest BCUT2D eigenvalue weighted by molar-refractivity contribution is 9.10. The van der Waals surface area contributed by atoms with Crippen molar-refractivity contribution in [1.29, 1.82) is 0 Å². The third-order valence-electron chi connectivity index (χ3n) is 4.20. The average molecular weight is 445 g/mol. The Balaban J connectivity index is 1.70. The number of hydrazone groups is 1. The first-order chi connectivity index (χ1) is 14.2. The van der Waals surface area contributed by atoms with Gasteiger partial charge in [0.15, 0.2) is 11.6 Å². The Bertz CT molecular complexity index is 1150. The third-order valence-corrected chi connectivity index (χ3v) is 4.73. The molecule has 2 N–H and O–H groups in total. The predicted molar refractivity (Wildman–Crippen MR) is 120 cm³/mol. The fraction of sp³-hybridized carbons (Fsp3) is 0. The molecule has 5 nitrogen and oxygen atoms in total. The van der Waals surface area contributed by atoms with Crippen LogP contribution in [-0.2, 0) is 0 Å². The van der Waals surface area contributed by atoms with Crippen molar-refractivity contribution in [1.82, 2.24) is 9.97 Å². The van der Waals surface area contributed by atoms with E-state index in [9.17, 15) is 5.11 Å². The summed E-state index contributed by atoms with van der Waals surface area (Å²) < 4.78 is 1.01. The largest absolute Gasteiger partial charge is 0.507 e. The minimum atomic E-state index is 0.162. The van der Waals surface area contributed by atoms with Crippen molar-refractivity contribution in [2.75, 3.05) is 5.43 Å². The van der Waals surface area contributed by atoms with Crippen LogP contribution in [0.25, 0.3) is 22.6 Å². The number of rotatable bonds is 5. The van der Waals surface area contributed by atoms with Gasteiger partial charge in [-0.05, 0) is 29.8 Å². The van der Waals surface area contributed by atoms with Gasteiger partial charge >= 0.3 is 0 Å². The maximum absolute atomic E-state index is 10.2. The molecular weight excluding hydrogens is 428 g/mol. The molecule has 0 saturated heterocycles. The Morgan fingerprint density at radius 3 is 2.34 bits per heavy atom. The van der Waals surface area contributed by atoms with Crippen LogP contribution < -0.4 is 5.43 Å². The molecule has 0 aliphatic carbocycles. The second-order valence-corrected chi connectivity index (χ2v) is 7.18. The van der Waals surface area contributed by atoms with Crippen LogP contribution in [0.1, 0.15) is 5.56 Å². The molecule has 0 atom stereocenters. The van der Waals surface area contributed by atoms with E-state index < -0.39 is 0 Å². The number of benzene rings is 3. The molecule has 0 amide bonds. The first-order valence-corrected chi connectivity index (χ1v) is 9.76. The van der Waals surface area contributed by atoms with Crippen LogP contribution in [0.15, 0.2) is 94.5 Å². The van der Waals surface area contributed by atoms with Crippen LogP contribution in [0.4, 0.5) is 5.82 Å². The van der Waals surface area contributed by atoms with E-state index in [2.05, 4.69) is 36.4 Å². The van der Waals surface area contributed by atoms with Crippen LogP contribution in [0.3, 0.4) is 0 Å². The molecule has 142 valence electrons. The number of para-hydroxylation sites is 1. The molecule has 3 aromatic carbocycles. The van der Waals surface area contributed by atoms with E-state index in [0.29, 0.717) is 22.9 Å². The third kappa shape index (κ3) is 4.67.